The third-order valence-corrected chi connectivity index (χ3v) is 3.06. The van der Waals surface area contributed by atoms with Crippen molar-refractivity contribution in [3.63, 3.8) is 0 Å². The van der Waals surface area contributed by atoms with Crippen LogP contribution in [0.3, 0.4) is 0 Å². The Morgan fingerprint density at radius 2 is 1.90 bits per heavy atom. The zero-order valence-electron chi connectivity index (χ0n) is 11.7. The summed E-state index contributed by atoms with van der Waals surface area (Å²) in [4.78, 5) is 0. The highest BCUT2D eigenvalue weighted by atomic mass is 79.9. The zero-order valence-corrected chi connectivity index (χ0v) is 13.3. The Hall–Kier alpha value is -1.05. The van der Waals surface area contributed by atoms with Crippen LogP contribution in [0.2, 0.25) is 0 Å². The van der Waals surface area contributed by atoms with Gasteiger partial charge in [0, 0.05) is 27.5 Å². The number of furan rings is 1. The first kappa shape index (κ1) is 18.0. The number of aliphatic hydroxyl groups is 1. The minimum Gasteiger partial charge on any atom is -0.464 e. The largest absolute Gasteiger partial charge is 0.464 e. The Balaban J connectivity index is 0.00000106. The van der Waals surface area contributed by atoms with E-state index in [-0.39, 0.29) is 13.2 Å². The van der Waals surface area contributed by atoms with Crippen molar-refractivity contribution >= 4 is 26.9 Å². The molecule has 1 aromatic heterocycles. The SMILES string of the molecule is CC.OCc1coc2c(CNCC(F)(F)F)cc(Br)cc12. The molecular weight excluding hydrogens is 351 g/mol. The fourth-order valence-corrected chi connectivity index (χ4v) is 2.32. The second kappa shape index (κ2) is 7.82. The van der Waals surface area contributed by atoms with Crippen molar-refractivity contribution in [3.8, 4) is 0 Å². The minimum atomic E-state index is -4.25. The third-order valence-electron chi connectivity index (χ3n) is 2.61. The fourth-order valence-electron chi connectivity index (χ4n) is 1.81. The predicted octanol–water partition coefficient (Wildman–Crippen LogP) is 4.37. The monoisotopic (exact) mass is 367 g/mol. The molecule has 7 heteroatoms. The number of hydrogen-bond donors (Lipinski definition) is 2. The van der Waals surface area contributed by atoms with Gasteiger partial charge in [0.25, 0.3) is 0 Å². The van der Waals surface area contributed by atoms with Crippen molar-refractivity contribution in [1.82, 2.24) is 5.32 Å². The average molecular weight is 368 g/mol. The van der Waals surface area contributed by atoms with Crippen LogP contribution in [0.5, 0.6) is 0 Å². The van der Waals surface area contributed by atoms with Gasteiger partial charge in [-0.2, -0.15) is 13.2 Å². The number of hydrogen-bond acceptors (Lipinski definition) is 3. The summed E-state index contributed by atoms with van der Waals surface area (Å²) in [5, 5.41) is 12.2. The molecule has 2 aromatic rings. The van der Waals surface area contributed by atoms with Gasteiger partial charge in [-0.1, -0.05) is 29.8 Å². The Morgan fingerprint density at radius 3 is 2.48 bits per heavy atom. The molecule has 1 heterocycles. The molecule has 0 aliphatic carbocycles. The molecule has 118 valence electrons. The van der Waals surface area contributed by atoms with Crippen molar-refractivity contribution in [1.29, 1.82) is 0 Å². The van der Waals surface area contributed by atoms with Crippen LogP contribution in [0.1, 0.15) is 25.0 Å². The molecule has 2 rings (SSSR count). The Bertz CT molecular complexity index is 581. The van der Waals surface area contributed by atoms with Crippen molar-refractivity contribution < 1.29 is 22.7 Å². The van der Waals surface area contributed by atoms with E-state index in [1.807, 2.05) is 13.8 Å². The molecule has 0 bridgehead atoms. The Morgan fingerprint density at radius 1 is 1.24 bits per heavy atom. The first-order chi connectivity index (χ1) is 9.90. The van der Waals surface area contributed by atoms with Gasteiger partial charge in [0.15, 0.2) is 0 Å². The van der Waals surface area contributed by atoms with E-state index >= 15 is 0 Å². The van der Waals surface area contributed by atoms with Crippen LogP contribution < -0.4 is 5.32 Å². The quantitative estimate of drug-likeness (QED) is 0.843. The molecular formula is C14H17BrF3NO2. The lowest BCUT2D eigenvalue weighted by molar-refractivity contribution is -0.125. The van der Waals surface area contributed by atoms with Crippen LogP contribution in [-0.2, 0) is 13.2 Å². The van der Waals surface area contributed by atoms with E-state index in [0.29, 0.717) is 22.1 Å². The van der Waals surface area contributed by atoms with E-state index in [1.54, 1.807) is 12.1 Å². The molecule has 0 spiro atoms. The number of rotatable bonds is 4. The molecule has 0 aliphatic heterocycles. The summed E-state index contributed by atoms with van der Waals surface area (Å²) in [6.07, 6.45) is -2.84. The van der Waals surface area contributed by atoms with Crippen molar-refractivity contribution in [2.45, 2.75) is 33.2 Å². The maximum Gasteiger partial charge on any atom is 0.401 e. The first-order valence-corrected chi connectivity index (χ1v) is 7.27. The van der Waals surface area contributed by atoms with E-state index in [9.17, 15) is 13.2 Å². The highest BCUT2D eigenvalue weighted by Gasteiger charge is 2.26. The van der Waals surface area contributed by atoms with Crippen LogP contribution in [0.4, 0.5) is 13.2 Å². The topological polar surface area (TPSA) is 45.4 Å². The summed E-state index contributed by atoms with van der Waals surface area (Å²) in [6, 6.07) is 3.45. The van der Waals surface area contributed by atoms with Crippen LogP contribution in [0.25, 0.3) is 11.0 Å². The lowest BCUT2D eigenvalue weighted by atomic mass is 10.1. The lowest BCUT2D eigenvalue weighted by Gasteiger charge is -2.09. The van der Waals surface area contributed by atoms with Crippen LogP contribution in [0.15, 0.2) is 27.3 Å². The number of alkyl halides is 3. The molecule has 2 N–H and O–H groups in total. The van der Waals surface area contributed by atoms with Crippen LogP contribution in [-0.4, -0.2) is 17.8 Å². The normalized spacial score (nSPS) is 11.4. The molecule has 21 heavy (non-hydrogen) atoms. The van der Waals surface area contributed by atoms with Crippen molar-refractivity contribution in [2.24, 2.45) is 0 Å². The summed E-state index contributed by atoms with van der Waals surface area (Å²) >= 11 is 3.29. The molecule has 0 aliphatic rings. The van der Waals surface area contributed by atoms with Gasteiger partial charge in [-0.25, -0.2) is 0 Å². The van der Waals surface area contributed by atoms with E-state index in [4.69, 9.17) is 9.52 Å². The van der Waals surface area contributed by atoms with Gasteiger partial charge in [0.05, 0.1) is 19.4 Å². The molecule has 3 nitrogen and oxygen atoms in total. The third kappa shape index (κ3) is 5.01. The van der Waals surface area contributed by atoms with Gasteiger partial charge in [-0.15, -0.1) is 0 Å². The van der Waals surface area contributed by atoms with Crippen LogP contribution in [0, 0.1) is 0 Å². The molecule has 0 atom stereocenters. The van der Waals surface area contributed by atoms with E-state index < -0.39 is 12.7 Å². The number of aliphatic hydroxyl groups excluding tert-OH is 1. The van der Waals surface area contributed by atoms with Crippen molar-refractivity contribution in [2.75, 3.05) is 6.54 Å². The molecule has 0 saturated carbocycles. The molecule has 0 fully saturated rings. The molecule has 0 amide bonds. The summed E-state index contributed by atoms with van der Waals surface area (Å²) < 4.78 is 42.3. The maximum absolute atomic E-state index is 12.1. The van der Waals surface area contributed by atoms with E-state index in [2.05, 4.69) is 21.2 Å². The summed E-state index contributed by atoms with van der Waals surface area (Å²) in [7, 11) is 0. The van der Waals surface area contributed by atoms with Gasteiger partial charge in [-0.05, 0) is 12.1 Å². The van der Waals surface area contributed by atoms with E-state index in [1.165, 1.54) is 6.26 Å². The second-order valence-corrected chi connectivity index (χ2v) is 5.00. The maximum atomic E-state index is 12.1. The molecule has 0 unspecified atom stereocenters. The minimum absolute atomic E-state index is 0.0355. The van der Waals surface area contributed by atoms with Gasteiger partial charge in [0.2, 0.25) is 0 Å². The highest BCUT2D eigenvalue weighted by Crippen LogP contribution is 2.29. The standard InChI is InChI=1S/C12H11BrF3NO2.C2H6/c13-9-1-7(3-17-6-12(14,15)16)11-10(2-9)8(4-18)5-19-11;1-2/h1-2,5,17-18H,3-4,6H2;1-2H3. The van der Waals surface area contributed by atoms with Gasteiger partial charge >= 0.3 is 6.18 Å². The zero-order chi connectivity index (χ0) is 16.0. The smallest absolute Gasteiger partial charge is 0.401 e. The highest BCUT2D eigenvalue weighted by molar-refractivity contribution is 9.10. The van der Waals surface area contributed by atoms with Crippen molar-refractivity contribution in [3.05, 3.63) is 34.0 Å². The summed E-state index contributed by atoms with van der Waals surface area (Å²) in [6.45, 7) is 2.79. The molecule has 0 saturated heterocycles. The first-order valence-electron chi connectivity index (χ1n) is 6.47. The van der Waals surface area contributed by atoms with E-state index in [0.717, 1.165) is 4.47 Å². The molecule has 1 aromatic carbocycles. The summed E-state index contributed by atoms with van der Waals surface area (Å²) in [5.41, 5.74) is 1.70. The average Bonchev–Trinajstić information content (AvgIpc) is 2.82. The molecule has 0 radical (unpaired) electrons. The number of halogens is 4. The number of nitrogens with one attached hydrogen (secondary N) is 1. The fraction of sp³-hybridized carbons (Fsp3) is 0.429. The van der Waals surface area contributed by atoms with Crippen LogP contribution >= 0.6 is 15.9 Å². The number of fused-ring (bicyclic) bond motifs is 1. The summed E-state index contributed by atoms with van der Waals surface area (Å²) in [5.74, 6) is 0. The Labute approximate surface area is 129 Å². The van der Waals surface area contributed by atoms with Gasteiger partial charge in [-0.3, -0.25) is 0 Å². The number of benzene rings is 1. The Kier molecular flexibility index (Phi) is 6.70. The predicted molar refractivity (Wildman–Crippen MR) is 78.9 cm³/mol. The second-order valence-electron chi connectivity index (χ2n) is 4.08. The van der Waals surface area contributed by atoms with Gasteiger partial charge < -0.3 is 14.8 Å². The van der Waals surface area contributed by atoms with Gasteiger partial charge in [0.1, 0.15) is 5.58 Å². The lowest BCUT2D eigenvalue weighted by Crippen LogP contribution is -2.28.